The number of aromatic nitrogens is 2. The summed E-state index contributed by atoms with van der Waals surface area (Å²) in [6, 6.07) is 39.7. The van der Waals surface area contributed by atoms with E-state index in [1.807, 2.05) is 114 Å². The molecule has 0 amide bonds. The number of ether oxygens (including phenoxy) is 2. The lowest BCUT2D eigenvalue weighted by atomic mass is 10.2. The van der Waals surface area contributed by atoms with Gasteiger partial charge in [0.15, 0.2) is 0 Å². The topological polar surface area (TPSA) is 51.6 Å². The van der Waals surface area contributed by atoms with Crippen molar-refractivity contribution in [2.75, 3.05) is 4.90 Å². The van der Waals surface area contributed by atoms with E-state index in [1.54, 1.807) is 6.20 Å². The predicted molar refractivity (Wildman–Crippen MR) is 141 cm³/mol. The van der Waals surface area contributed by atoms with E-state index in [1.165, 1.54) is 0 Å². The molecule has 0 saturated heterocycles. The highest BCUT2D eigenvalue weighted by atomic mass is 16.7. The molecular formula is C31H22N3O3+. The van der Waals surface area contributed by atoms with Crippen LogP contribution in [0.1, 0.15) is 6.41 Å². The van der Waals surface area contributed by atoms with Crippen LogP contribution in [0.15, 0.2) is 132 Å². The third kappa shape index (κ3) is 3.76. The minimum Gasteiger partial charge on any atom is -0.401 e. The Morgan fingerprint density at radius 1 is 0.703 bits per heavy atom. The van der Waals surface area contributed by atoms with Gasteiger partial charge in [-0.3, -0.25) is 4.90 Å². The molecule has 0 aliphatic carbocycles. The zero-order valence-electron chi connectivity index (χ0n) is 19.8. The Labute approximate surface area is 213 Å². The highest BCUT2D eigenvalue weighted by Gasteiger charge is 2.41. The molecule has 37 heavy (non-hydrogen) atoms. The highest BCUT2D eigenvalue weighted by Crippen LogP contribution is 2.38. The van der Waals surface area contributed by atoms with E-state index in [9.17, 15) is 0 Å². The Kier molecular flexibility index (Phi) is 5.07. The summed E-state index contributed by atoms with van der Waals surface area (Å²) in [5.41, 5.74) is 4.55. The fourth-order valence-electron chi connectivity index (χ4n) is 4.65. The van der Waals surface area contributed by atoms with Gasteiger partial charge >= 0.3 is 12.3 Å². The molecule has 0 radical (unpaired) electrons. The quantitative estimate of drug-likeness (QED) is 0.243. The molecule has 0 saturated carbocycles. The van der Waals surface area contributed by atoms with Crippen LogP contribution in [-0.4, -0.2) is 4.98 Å². The molecule has 0 N–H and O–H groups in total. The number of hydrogen-bond donors (Lipinski definition) is 0. The van der Waals surface area contributed by atoms with Crippen molar-refractivity contribution < 1.29 is 18.5 Å². The summed E-state index contributed by atoms with van der Waals surface area (Å²) >= 11 is 0. The monoisotopic (exact) mass is 484 g/mol. The number of para-hydroxylation sites is 4. The standard InChI is InChI=1S/C31H22N3O3/c1-2-10-22(11-3-1)33(29-16-8-9-21-32-29)23-17-19-24(20-18-23)35-31-34-26-13-5-7-15-28(26)36-30(34)25-12-4-6-14-27(25)37-31/h1-21,31H/q+1. The molecule has 2 aromatic heterocycles. The lowest BCUT2D eigenvalue weighted by Crippen LogP contribution is -2.49. The van der Waals surface area contributed by atoms with Crippen molar-refractivity contribution in [3.05, 3.63) is 128 Å². The molecule has 6 heteroatoms. The lowest BCUT2D eigenvalue weighted by molar-refractivity contribution is -0.762. The summed E-state index contributed by atoms with van der Waals surface area (Å²) in [5, 5.41) is 0. The maximum absolute atomic E-state index is 6.40. The smallest absolute Gasteiger partial charge is 0.401 e. The number of pyridine rings is 1. The molecule has 0 bridgehead atoms. The molecule has 7 rings (SSSR count). The lowest BCUT2D eigenvalue weighted by Gasteiger charge is -2.24. The van der Waals surface area contributed by atoms with Gasteiger partial charge in [0.1, 0.15) is 22.9 Å². The van der Waals surface area contributed by atoms with Gasteiger partial charge in [-0.2, -0.15) is 0 Å². The van der Waals surface area contributed by atoms with Crippen LogP contribution in [0.3, 0.4) is 0 Å². The van der Waals surface area contributed by atoms with E-state index in [0.717, 1.165) is 33.9 Å². The Hall–Kier alpha value is -5.10. The molecule has 1 aliphatic heterocycles. The average molecular weight is 485 g/mol. The molecule has 0 spiro atoms. The van der Waals surface area contributed by atoms with Gasteiger partial charge in [0.2, 0.25) is 5.58 Å². The second-order valence-electron chi connectivity index (χ2n) is 8.64. The van der Waals surface area contributed by atoms with Crippen molar-refractivity contribution >= 4 is 28.3 Å². The first-order valence-electron chi connectivity index (χ1n) is 12.1. The van der Waals surface area contributed by atoms with Crippen molar-refractivity contribution in [1.29, 1.82) is 0 Å². The molecule has 4 aromatic carbocycles. The van der Waals surface area contributed by atoms with E-state index >= 15 is 0 Å². The van der Waals surface area contributed by atoms with Crippen LogP contribution < -0.4 is 18.9 Å². The molecule has 6 aromatic rings. The predicted octanol–water partition coefficient (Wildman–Crippen LogP) is 7.18. The van der Waals surface area contributed by atoms with Gasteiger partial charge in [-0.05, 0) is 66.7 Å². The van der Waals surface area contributed by atoms with Crippen LogP contribution in [0.25, 0.3) is 22.6 Å². The fourth-order valence-corrected chi connectivity index (χ4v) is 4.65. The van der Waals surface area contributed by atoms with Crippen LogP contribution in [-0.2, 0) is 0 Å². The van der Waals surface area contributed by atoms with E-state index in [2.05, 4.69) is 22.0 Å². The molecule has 1 unspecified atom stereocenters. The minimum absolute atomic E-state index is 0.672. The van der Waals surface area contributed by atoms with E-state index in [0.29, 0.717) is 17.4 Å². The van der Waals surface area contributed by atoms with Gasteiger partial charge in [-0.15, -0.1) is 0 Å². The summed E-state index contributed by atoms with van der Waals surface area (Å²) in [4.78, 5) is 6.68. The molecule has 3 heterocycles. The first-order chi connectivity index (χ1) is 18.3. The Balaban J connectivity index is 1.24. The van der Waals surface area contributed by atoms with Gasteiger partial charge in [0.05, 0.1) is 0 Å². The van der Waals surface area contributed by atoms with Gasteiger partial charge < -0.3 is 13.9 Å². The van der Waals surface area contributed by atoms with Gasteiger partial charge in [0, 0.05) is 23.6 Å². The van der Waals surface area contributed by atoms with Crippen molar-refractivity contribution in [3.8, 4) is 23.0 Å². The second-order valence-corrected chi connectivity index (χ2v) is 8.64. The highest BCUT2D eigenvalue weighted by molar-refractivity contribution is 5.75. The SMILES string of the molecule is c1ccc(N(c2ccc(OC3Oc4ccccc4-c4oc5ccccc5[n+]43)cc2)c2ccccn2)cc1. The van der Waals surface area contributed by atoms with Crippen molar-refractivity contribution in [2.24, 2.45) is 0 Å². The van der Waals surface area contributed by atoms with Crippen LogP contribution in [0.4, 0.5) is 17.2 Å². The number of rotatable bonds is 5. The summed E-state index contributed by atoms with van der Waals surface area (Å²) < 4.78 is 20.9. The number of oxazole rings is 1. The van der Waals surface area contributed by atoms with Gasteiger partial charge in [-0.1, -0.05) is 53.1 Å². The van der Waals surface area contributed by atoms with Crippen molar-refractivity contribution in [1.82, 2.24) is 4.98 Å². The largest absolute Gasteiger partial charge is 0.471 e. The van der Waals surface area contributed by atoms with E-state index < -0.39 is 6.41 Å². The normalized spacial score (nSPS) is 13.9. The van der Waals surface area contributed by atoms with Crippen LogP contribution in [0, 0.1) is 0 Å². The zero-order chi connectivity index (χ0) is 24.6. The van der Waals surface area contributed by atoms with E-state index in [-0.39, 0.29) is 0 Å². The number of fused-ring (bicyclic) bond motifs is 5. The molecule has 6 nitrogen and oxygen atoms in total. The van der Waals surface area contributed by atoms with Crippen molar-refractivity contribution in [2.45, 2.75) is 6.41 Å². The van der Waals surface area contributed by atoms with Crippen molar-refractivity contribution in [3.63, 3.8) is 0 Å². The van der Waals surface area contributed by atoms with Crippen LogP contribution in [0.2, 0.25) is 0 Å². The van der Waals surface area contributed by atoms with Gasteiger partial charge in [-0.25, -0.2) is 4.98 Å². The third-order valence-electron chi connectivity index (χ3n) is 6.33. The molecular weight excluding hydrogens is 462 g/mol. The molecule has 1 aliphatic rings. The summed E-state index contributed by atoms with van der Waals surface area (Å²) in [5.74, 6) is 2.93. The maximum atomic E-state index is 6.40. The van der Waals surface area contributed by atoms with E-state index in [4.69, 9.17) is 13.9 Å². The van der Waals surface area contributed by atoms with Gasteiger partial charge in [0.25, 0.3) is 5.52 Å². The Morgan fingerprint density at radius 3 is 2.27 bits per heavy atom. The second kappa shape index (κ2) is 8.84. The molecule has 178 valence electrons. The first-order valence-corrected chi connectivity index (χ1v) is 12.1. The Bertz CT molecular complexity index is 1640. The minimum atomic E-state index is -0.722. The zero-order valence-corrected chi connectivity index (χ0v) is 19.8. The fraction of sp³-hybridized carbons (Fsp3) is 0.0323. The molecule has 0 fully saturated rings. The van der Waals surface area contributed by atoms with Crippen LogP contribution >= 0.6 is 0 Å². The number of benzene rings is 4. The maximum Gasteiger partial charge on any atom is 0.471 e. The Morgan fingerprint density at radius 2 is 1.43 bits per heavy atom. The number of anilines is 3. The third-order valence-corrected chi connectivity index (χ3v) is 6.33. The summed E-state index contributed by atoms with van der Waals surface area (Å²) in [6.45, 7) is 0. The number of nitrogens with zero attached hydrogens (tertiary/aromatic N) is 3. The average Bonchev–Trinajstić information content (AvgIpc) is 3.36. The van der Waals surface area contributed by atoms with Crippen LogP contribution in [0.5, 0.6) is 11.5 Å². The number of hydrogen-bond acceptors (Lipinski definition) is 5. The molecule has 1 atom stereocenters. The summed E-state index contributed by atoms with van der Waals surface area (Å²) in [6.07, 6.45) is 1.07. The summed E-state index contributed by atoms with van der Waals surface area (Å²) in [7, 11) is 0. The first kappa shape index (κ1) is 21.2.